The molecule has 0 spiro atoms. The summed E-state index contributed by atoms with van der Waals surface area (Å²) in [5.74, 6) is 2.21. The van der Waals surface area contributed by atoms with Crippen molar-refractivity contribution < 1.29 is 0 Å². The summed E-state index contributed by atoms with van der Waals surface area (Å²) in [4.78, 5) is 9.64. The lowest BCUT2D eigenvalue weighted by molar-refractivity contribution is 0.280. The molecule has 1 heterocycles. The van der Waals surface area contributed by atoms with Crippen molar-refractivity contribution in [1.29, 1.82) is 0 Å². The Labute approximate surface area is 141 Å². The molecule has 0 amide bonds. The third-order valence-corrected chi connectivity index (χ3v) is 4.60. The van der Waals surface area contributed by atoms with Crippen LogP contribution < -0.4 is 10.6 Å². The van der Waals surface area contributed by atoms with Gasteiger partial charge in [0.15, 0.2) is 5.96 Å². The maximum Gasteiger partial charge on any atom is 0.191 e. The van der Waals surface area contributed by atoms with E-state index in [1.54, 1.807) is 0 Å². The summed E-state index contributed by atoms with van der Waals surface area (Å²) in [5, 5.41) is 6.81. The monoisotopic (exact) mass is 329 g/mol. The first-order valence-electron chi connectivity index (χ1n) is 8.68. The van der Waals surface area contributed by atoms with Crippen LogP contribution in [0.15, 0.2) is 4.99 Å². The summed E-state index contributed by atoms with van der Waals surface area (Å²) in [6.45, 7) is 10.8. The summed E-state index contributed by atoms with van der Waals surface area (Å²) in [6, 6.07) is 0. The Morgan fingerprint density at radius 3 is 2.77 bits per heavy atom. The van der Waals surface area contributed by atoms with E-state index in [4.69, 9.17) is 0 Å². The van der Waals surface area contributed by atoms with E-state index in [0.717, 1.165) is 32.1 Å². The van der Waals surface area contributed by atoms with Crippen LogP contribution in [0, 0.1) is 0 Å². The van der Waals surface area contributed by atoms with E-state index in [9.17, 15) is 0 Å². The molecule has 0 aromatic heterocycles. The maximum absolute atomic E-state index is 4.66. The van der Waals surface area contributed by atoms with Crippen LogP contribution in [0.25, 0.3) is 0 Å². The quantitative estimate of drug-likeness (QED) is 0.379. The van der Waals surface area contributed by atoms with E-state index in [1.165, 1.54) is 51.2 Å². The van der Waals surface area contributed by atoms with Gasteiger partial charge in [-0.1, -0.05) is 0 Å². The van der Waals surface area contributed by atoms with Crippen molar-refractivity contribution in [1.82, 2.24) is 20.4 Å². The smallest absolute Gasteiger partial charge is 0.191 e. The Kier molecular flexibility index (Phi) is 11.6. The van der Waals surface area contributed by atoms with E-state index in [-0.39, 0.29) is 0 Å². The van der Waals surface area contributed by atoms with Gasteiger partial charge in [-0.15, -0.1) is 0 Å². The molecule has 0 radical (unpaired) electrons. The van der Waals surface area contributed by atoms with E-state index in [1.807, 2.05) is 11.8 Å². The molecule has 1 aliphatic rings. The Morgan fingerprint density at radius 2 is 2.00 bits per heavy atom. The number of unbranched alkanes of at least 4 members (excludes halogenated alkanes) is 1. The second kappa shape index (κ2) is 13.0. The average molecular weight is 330 g/mol. The summed E-state index contributed by atoms with van der Waals surface area (Å²) in [7, 11) is 2.22. The predicted molar refractivity (Wildman–Crippen MR) is 100 cm³/mol. The van der Waals surface area contributed by atoms with Crippen molar-refractivity contribution in [3.05, 3.63) is 0 Å². The Morgan fingerprint density at radius 1 is 1.14 bits per heavy atom. The minimum atomic E-state index is 0.921. The van der Waals surface area contributed by atoms with Crippen LogP contribution in [-0.2, 0) is 0 Å². The zero-order valence-electron chi connectivity index (χ0n) is 14.7. The van der Waals surface area contributed by atoms with Crippen LogP contribution >= 0.6 is 11.8 Å². The largest absolute Gasteiger partial charge is 0.357 e. The van der Waals surface area contributed by atoms with Gasteiger partial charge >= 0.3 is 0 Å². The van der Waals surface area contributed by atoms with Gasteiger partial charge in [0.05, 0.1) is 0 Å². The highest BCUT2D eigenvalue weighted by Gasteiger charge is 2.11. The molecule has 1 aliphatic heterocycles. The molecule has 0 saturated carbocycles. The highest BCUT2D eigenvalue weighted by molar-refractivity contribution is 7.98. The number of hydrogen-bond acceptors (Lipinski definition) is 4. The van der Waals surface area contributed by atoms with Gasteiger partial charge in [0.25, 0.3) is 0 Å². The molecule has 0 aliphatic carbocycles. The minimum absolute atomic E-state index is 0.921. The van der Waals surface area contributed by atoms with Crippen molar-refractivity contribution >= 4 is 17.7 Å². The molecule has 0 bridgehead atoms. The molecule has 1 fully saturated rings. The lowest BCUT2D eigenvalue weighted by atomic mass is 10.3. The Balaban J connectivity index is 2.20. The molecule has 0 atom stereocenters. The first kappa shape index (κ1) is 19.6. The van der Waals surface area contributed by atoms with E-state index in [0.29, 0.717) is 0 Å². The number of likely N-dealkylation sites (N-methyl/N-ethyl adjacent to an activating group) is 1. The second-order valence-electron chi connectivity index (χ2n) is 5.89. The van der Waals surface area contributed by atoms with Gasteiger partial charge in [0.2, 0.25) is 0 Å². The number of hydrogen-bond donors (Lipinski definition) is 2. The number of guanidine groups is 1. The third-order valence-electron chi connectivity index (χ3n) is 3.90. The van der Waals surface area contributed by atoms with Gasteiger partial charge in [-0.05, 0) is 58.3 Å². The van der Waals surface area contributed by atoms with Crippen molar-refractivity contribution in [2.75, 3.05) is 71.4 Å². The van der Waals surface area contributed by atoms with Crippen LogP contribution in [-0.4, -0.2) is 87.2 Å². The molecule has 22 heavy (non-hydrogen) atoms. The van der Waals surface area contributed by atoms with Crippen LogP contribution in [0.5, 0.6) is 0 Å². The maximum atomic E-state index is 4.66. The highest BCUT2D eigenvalue weighted by atomic mass is 32.2. The minimum Gasteiger partial charge on any atom is -0.357 e. The highest BCUT2D eigenvalue weighted by Crippen LogP contribution is 2.00. The van der Waals surface area contributed by atoms with Crippen molar-refractivity contribution in [3.63, 3.8) is 0 Å². The molecule has 2 N–H and O–H groups in total. The van der Waals surface area contributed by atoms with E-state index in [2.05, 4.69) is 45.7 Å². The molecular weight excluding hydrogens is 294 g/mol. The predicted octanol–water partition coefficient (Wildman–Crippen LogP) is 1.32. The first-order chi connectivity index (χ1) is 10.8. The fraction of sp³-hybridized carbons (Fsp3) is 0.938. The van der Waals surface area contributed by atoms with Crippen LogP contribution in [0.4, 0.5) is 0 Å². The van der Waals surface area contributed by atoms with Crippen LogP contribution in [0.2, 0.25) is 0 Å². The van der Waals surface area contributed by atoms with Crippen LogP contribution in [0.3, 0.4) is 0 Å². The summed E-state index contributed by atoms with van der Waals surface area (Å²) >= 11 is 1.91. The number of aliphatic imine (C=N–C) groups is 1. The molecular formula is C16H35N5S. The lowest BCUT2D eigenvalue weighted by Gasteiger charge is -2.21. The average Bonchev–Trinajstić information content (AvgIpc) is 2.72. The Hall–Kier alpha value is -0.460. The lowest BCUT2D eigenvalue weighted by Crippen LogP contribution is -2.42. The summed E-state index contributed by atoms with van der Waals surface area (Å²) < 4.78 is 0. The number of nitrogens with zero attached hydrogens (tertiary/aromatic N) is 3. The molecule has 1 saturated heterocycles. The molecule has 130 valence electrons. The normalized spacial score (nSPS) is 18.2. The zero-order chi connectivity index (χ0) is 16.0. The summed E-state index contributed by atoms with van der Waals surface area (Å²) in [5.41, 5.74) is 0. The molecule has 0 aromatic rings. The zero-order valence-corrected chi connectivity index (χ0v) is 15.6. The molecule has 5 nitrogen and oxygen atoms in total. The molecule has 0 aromatic carbocycles. The summed E-state index contributed by atoms with van der Waals surface area (Å²) in [6.07, 6.45) is 5.87. The van der Waals surface area contributed by atoms with Gasteiger partial charge in [-0.2, -0.15) is 11.8 Å². The second-order valence-corrected chi connectivity index (χ2v) is 6.87. The molecule has 0 unspecified atom stereocenters. The van der Waals surface area contributed by atoms with Crippen molar-refractivity contribution in [3.8, 4) is 0 Å². The third kappa shape index (κ3) is 9.54. The van der Waals surface area contributed by atoms with Gasteiger partial charge in [0.1, 0.15) is 0 Å². The van der Waals surface area contributed by atoms with Crippen molar-refractivity contribution in [2.24, 2.45) is 4.99 Å². The number of thioether (sulfide) groups is 1. The van der Waals surface area contributed by atoms with Gasteiger partial charge in [0, 0.05) is 39.3 Å². The van der Waals surface area contributed by atoms with Crippen molar-refractivity contribution in [2.45, 2.75) is 26.2 Å². The number of nitrogens with one attached hydrogen (secondary N) is 2. The SMILES string of the molecule is CCNC(=NCCCCSC)NCCN1CCCN(C)CC1. The van der Waals surface area contributed by atoms with Gasteiger partial charge in [-0.3, -0.25) is 4.99 Å². The number of rotatable bonds is 9. The molecule has 6 heteroatoms. The van der Waals surface area contributed by atoms with Gasteiger partial charge in [-0.25, -0.2) is 0 Å². The Bertz CT molecular complexity index is 298. The first-order valence-corrected chi connectivity index (χ1v) is 10.1. The molecule has 1 rings (SSSR count). The topological polar surface area (TPSA) is 42.9 Å². The fourth-order valence-corrected chi connectivity index (χ4v) is 3.04. The fourth-order valence-electron chi connectivity index (χ4n) is 2.55. The van der Waals surface area contributed by atoms with E-state index >= 15 is 0 Å². The van der Waals surface area contributed by atoms with Gasteiger partial charge < -0.3 is 20.4 Å². The van der Waals surface area contributed by atoms with Crippen LogP contribution in [0.1, 0.15) is 26.2 Å². The van der Waals surface area contributed by atoms with E-state index < -0.39 is 0 Å². The standard InChI is InChI=1S/C16H35N5S/c1-4-17-16(18-8-5-6-15-22-3)19-9-12-21-11-7-10-20(2)13-14-21/h4-15H2,1-3H3,(H2,17,18,19).